The Hall–Kier alpha value is -1.31. The number of nitrogens with two attached hydrogens (primary N) is 1. The summed E-state index contributed by atoms with van der Waals surface area (Å²) >= 11 is 3.52. The molecule has 0 bridgehead atoms. The first kappa shape index (κ1) is 13.1. The van der Waals surface area contributed by atoms with E-state index in [1.54, 1.807) is 7.05 Å². The molecule has 6 nitrogen and oxygen atoms in total. The molecular formula is C11H15BrN6. The first-order valence-corrected chi connectivity index (χ1v) is 6.35. The van der Waals surface area contributed by atoms with Gasteiger partial charge in [0.1, 0.15) is 0 Å². The van der Waals surface area contributed by atoms with Gasteiger partial charge >= 0.3 is 0 Å². The fourth-order valence-corrected chi connectivity index (χ4v) is 2.23. The summed E-state index contributed by atoms with van der Waals surface area (Å²) < 4.78 is 1.06. The number of hydrazine groups is 1. The van der Waals surface area contributed by atoms with Crippen LogP contribution in [0, 0.1) is 6.92 Å². The maximum Gasteiger partial charge on any atom is 0.176 e. The van der Waals surface area contributed by atoms with E-state index < -0.39 is 0 Å². The van der Waals surface area contributed by atoms with Crippen LogP contribution >= 0.6 is 15.9 Å². The van der Waals surface area contributed by atoms with E-state index in [0.29, 0.717) is 12.2 Å². The van der Waals surface area contributed by atoms with Crippen molar-refractivity contribution < 1.29 is 0 Å². The fourth-order valence-electron chi connectivity index (χ4n) is 1.85. The number of nitrogens with zero attached hydrogens (tertiary/aromatic N) is 4. The summed E-state index contributed by atoms with van der Waals surface area (Å²) in [5.74, 6) is 6.30. The second-order valence-corrected chi connectivity index (χ2v) is 4.93. The number of rotatable bonds is 4. The van der Waals surface area contributed by atoms with E-state index in [2.05, 4.69) is 36.8 Å². The summed E-state index contributed by atoms with van der Waals surface area (Å²) in [5, 5.41) is 12.0. The van der Waals surface area contributed by atoms with E-state index >= 15 is 0 Å². The van der Waals surface area contributed by atoms with Crippen LogP contribution in [0.4, 0.5) is 0 Å². The predicted molar refractivity (Wildman–Crippen MR) is 71.4 cm³/mol. The Labute approximate surface area is 114 Å². The topological polar surface area (TPSA) is 81.7 Å². The van der Waals surface area contributed by atoms with Crippen molar-refractivity contribution in [3.63, 3.8) is 0 Å². The van der Waals surface area contributed by atoms with Gasteiger partial charge in [0, 0.05) is 10.9 Å². The molecule has 0 saturated heterocycles. The molecule has 96 valence electrons. The molecule has 0 aliphatic rings. The molecule has 0 saturated carbocycles. The molecule has 0 aliphatic carbocycles. The van der Waals surface area contributed by atoms with Gasteiger partial charge in [0.2, 0.25) is 0 Å². The molecule has 0 fully saturated rings. The third-order valence-corrected chi connectivity index (χ3v) is 3.68. The average molecular weight is 311 g/mol. The van der Waals surface area contributed by atoms with E-state index in [1.807, 2.05) is 25.1 Å². The minimum Gasteiger partial charge on any atom is -0.271 e. The Bertz CT molecular complexity index is 538. The molecule has 1 aromatic heterocycles. The van der Waals surface area contributed by atoms with Gasteiger partial charge in [-0.05, 0) is 29.3 Å². The van der Waals surface area contributed by atoms with Crippen molar-refractivity contribution in [1.82, 2.24) is 25.6 Å². The van der Waals surface area contributed by atoms with Gasteiger partial charge in [-0.15, -0.1) is 10.2 Å². The summed E-state index contributed by atoms with van der Waals surface area (Å²) in [7, 11) is 1.74. The van der Waals surface area contributed by atoms with Crippen LogP contribution in [0.15, 0.2) is 22.7 Å². The number of aryl methyl sites for hydroxylation is 1. The smallest absolute Gasteiger partial charge is 0.176 e. The lowest BCUT2D eigenvalue weighted by molar-refractivity contribution is 0.533. The summed E-state index contributed by atoms with van der Waals surface area (Å²) in [4.78, 5) is 1.44. The first-order valence-electron chi connectivity index (χ1n) is 5.56. The van der Waals surface area contributed by atoms with Crippen LogP contribution in [0.5, 0.6) is 0 Å². The van der Waals surface area contributed by atoms with Gasteiger partial charge in [-0.2, -0.15) is 4.80 Å². The zero-order valence-corrected chi connectivity index (χ0v) is 11.8. The maximum absolute atomic E-state index is 5.63. The van der Waals surface area contributed by atoms with Crippen molar-refractivity contribution in [2.45, 2.75) is 19.4 Å². The lowest BCUT2D eigenvalue weighted by Gasteiger charge is -2.17. The second kappa shape index (κ2) is 5.55. The predicted octanol–water partition coefficient (Wildman–Crippen LogP) is 1.03. The van der Waals surface area contributed by atoms with E-state index in [4.69, 9.17) is 5.84 Å². The Morgan fingerprint density at radius 1 is 1.50 bits per heavy atom. The molecule has 0 spiro atoms. The molecule has 2 rings (SSSR count). The summed E-state index contributed by atoms with van der Waals surface area (Å²) in [6, 6.07) is 6.00. The maximum atomic E-state index is 5.63. The molecule has 0 radical (unpaired) electrons. The quantitative estimate of drug-likeness (QED) is 0.651. The van der Waals surface area contributed by atoms with Gasteiger partial charge < -0.3 is 0 Å². The number of halogens is 1. The van der Waals surface area contributed by atoms with Crippen LogP contribution in [0.2, 0.25) is 0 Å². The summed E-state index contributed by atoms with van der Waals surface area (Å²) in [6.07, 6.45) is 0.599. The SMILES string of the molecule is Cc1c(Br)cccc1C(Cc1nnn(C)n1)NN. The van der Waals surface area contributed by atoms with Crippen molar-refractivity contribution in [3.05, 3.63) is 39.6 Å². The van der Waals surface area contributed by atoms with Crippen LogP contribution in [0.1, 0.15) is 23.0 Å². The highest BCUT2D eigenvalue weighted by atomic mass is 79.9. The minimum atomic E-state index is -0.0355. The number of nitrogens with one attached hydrogen (secondary N) is 1. The Kier molecular flexibility index (Phi) is 4.05. The van der Waals surface area contributed by atoms with Gasteiger partial charge in [-0.3, -0.25) is 11.3 Å². The minimum absolute atomic E-state index is 0.0355. The molecule has 1 aromatic carbocycles. The van der Waals surface area contributed by atoms with Crippen molar-refractivity contribution in [1.29, 1.82) is 0 Å². The molecule has 1 unspecified atom stereocenters. The molecule has 18 heavy (non-hydrogen) atoms. The molecule has 1 atom stereocenters. The van der Waals surface area contributed by atoms with Crippen molar-refractivity contribution in [2.24, 2.45) is 12.9 Å². The molecule has 0 aliphatic heterocycles. The summed E-state index contributed by atoms with van der Waals surface area (Å²) in [5.41, 5.74) is 5.09. The van der Waals surface area contributed by atoms with Crippen LogP contribution in [-0.4, -0.2) is 20.2 Å². The zero-order chi connectivity index (χ0) is 13.1. The first-order chi connectivity index (χ1) is 8.61. The number of hydrogen-bond donors (Lipinski definition) is 2. The van der Waals surface area contributed by atoms with Crippen LogP contribution in [0.25, 0.3) is 0 Å². The highest BCUT2D eigenvalue weighted by Gasteiger charge is 2.16. The lowest BCUT2D eigenvalue weighted by Crippen LogP contribution is -2.30. The van der Waals surface area contributed by atoms with Gasteiger partial charge in [0.15, 0.2) is 5.82 Å². The Balaban J connectivity index is 2.25. The van der Waals surface area contributed by atoms with Gasteiger partial charge in [-0.25, -0.2) is 0 Å². The van der Waals surface area contributed by atoms with E-state index in [1.165, 1.54) is 4.80 Å². The van der Waals surface area contributed by atoms with E-state index in [9.17, 15) is 0 Å². The number of aromatic nitrogens is 4. The Morgan fingerprint density at radius 3 is 2.89 bits per heavy atom. The van der Waals surface area contributed by atoms with E-state index in [0.717, 1.165) is 15.6 Å². The lowest BCUT2D eigenvalue weighted by atomic mass is 9.99. The van der Waals surface area contributed by atoms with Crippen LogP contribution in [0.3, 0.4) is 0 Å². The van der Waals surface area contributed by atoms with Gasteiger partial charge in [-0.1, -0.05) is 28.1 Å². The van der Waals surface area contributed by atoms with E-state index in [-0.39, 0.29) is 6.04 Å². The second-order valence-electron chi connectivity index (χ2n) is 4.07. The van der Waals surface area contributed by atoms with Crippen molar-refractivity contribution >= 4 is 15.9 Å². The van der Waals surface area contributed by atoms with Crippen LogP contribution < -0.4 is 11.3 Å². The fraction of sp³-hybridized carbons (Fsp3) is 0.364. The average Bonchev–Trinajstić information content (AvgIpc) is 2.76. The molecule has 7 heteroatoms. The normalized spacial score (nSPS) is 12.7. The van der Waals surface area contributed by atoms with Gasteiger partial charge in [0.05, 0.1) is 13.1 Å². The largest absolute Gasteiger partial charge is 0.271 e. The van der Waals surface area contributed by atoms with Crippen molar-refractivity contribution in [2.75, 3.05) is 0 Å². The third-order valence-electron chi connectivity index (χ3n) is 2.82. The third kappa shape index (κ3) is 2.74. The highest BCUT2D eigenvalue weighted by Crippen LogP contribution is 2.25. The monoisotopic (exact) mass is 310 g/mol. The van der Waals surface area contributed by atoms with Crippen molar-refractivity contribution in [3.8, 4) is 0 Å². The molecule has 2 aromatic rings. The number of hydrogen-bond acceptors (Lipinski definition) is 5. The summed E-state index contributed by atoms with van der Waals surface area (Å²) in [6.45, 7) is 2.05. The number of benzene rings is 1. The highest BCUT2D eigenvalue weighted by molar-refractivity contribution is 9.10. The molecule has 3 N–H and O–H groups in total. The molecular weight excluding hydrogens is 296 g/mol. The standard InChI is InChI=1S/C11H15BrN6/c1-7-8(4-3-5-9(7)12)10(14-13)6-11-15-17-18(2)16-11/h3-5,10,14H,6,13H2,1-2H3. The zero-order valence-electron chi connectivity index (χ0n) is 10.3. The number of tetrazole rings is 1. The van der Waals surface area contributed by atoms with Crippen LogP contribution in [-0.2, 0) is 13.5 Å². The molecule has 1 heterocycles. The van der Waals surface area contributed by atoms with Gasteiger partial charge in [0.25, 0.3) is 0 Å². The Morgan fingerprint density at radius 2 is 2.28 bits per heavy atom. The molecule has 0 amide bonds.